The van der Waals surface area contributed by atoms with Crippen LogP contribution in [0.5, 0.6) is 0 Å². The first-order valence-corrected chi connectivity index (χ1v) is 7.91. The van der Waals surface area contributed by atoms with Crippen LogP contribution in [0.2, 0.25) is 0 Å². The summed E-state index contributed by atoms with van der Waals surface area (Å²) in [6.45, 7) is 2.37. The second-order valence-electron chi connectivity index (χ2n) is 5.91. The number of anilines is 1. The quantitative estimate of drug-likeness (QED) is 0.830. The van der Waals surface area contributed by atoms with Crippen LogP contribution < -0.4 is 4.90 Å². The second kappa shape index (κ2) is 7.00. The fourth-order valence-electron chi connectivity index (χ4n) is 2.96. The summed E-state index contributed by atoms with van der Waals surface area (Å²) < 4.78 is 49.9. The van der Waals surface area contributed by atoms with Gasteiger partial charge in [0.15, 0.2) is 0 Å². The maximum Gasteiger partial charge on any atom is 0.433 e. The first kappa shape index (κ1) is 16.4. The average Bonchev–Trinajstić information content (AvgIpc) is 3.19. The van der Waals surface area contributed by atoms with Gasteiger partial charge in [0, 0.05) is 32.5 Å². The van der Waals surface area contributed by atoms with Crippen LogP contribution >= 0.6 is 0 Å². The molecule has 3 heterocycles. The van der Waals surface area contributed by atoms with Crippen molar-refractivity contribution in [2.75, 3.05) is 31.2 Å². The van der Waals surface area contributed by atoms with E-state index in [1.54, 1.807) is 4.90 Å². The van der Waals surface area contributed by atoms with Gasteiger partial charge in [0.05, 0.1) is 12.2 Å². The minimum atomic E-state index is -4.48. The van der Waals surface area contributed by atoms with Crippen molar-refractivity contribution in [1.29, 1.82) is 0 Å². The zero-order valence-corrected chi connectivity index (χ0v) is 12.8. The van der Waals surface area contributed by atoms with Crippen LogP contribution in [0.25, 0.3) is 0 Å². The molecule has 0 aromatic carbocycles. The van der Waals surface area contributed by atoms with Crippen molar-refractivity contribution in [2.24, 2.45) is 0 Å². The van der Waals surface area contributed by atoms with Gasteiger partial charge in [-0.25, -0.2) is 9.97 Å². The molecule has 2 aliphatic heterocycles. The molecule has 23 heavy (non-hydrogen) atoms. The molecule has 0 aliphatic carbocycles. The molecule has 2 aliphatic rings. The summed E-state index contributed by atoms with van der Waals surface area (Å²) in [6, 6.07) is 0.889. The Morgan fingerprint density at radius 3 is 2.17 bits per heavy atom. The van der Waals surface area contributed by atoms with Crippen molar-refractivity contribution in [3.63, 3.8) is 0 Å². The molecule has 0 amide bonds. The summed E-state index contributed by atoms with van der Waals surface area (Å²) in [6.07, 6.45) is 0.454. The van der Waals surface area contributed by atoms with Crippen molar-refractivity contribution in [3.8, 4) is 0 Å². The van der Waals surface area contributed by atoms with Gasteiger partial charge in [0.2, 0.25) is 5.95 Å². The number of nitrogens with zero attached hydrogens (tertiary/aromatic N) is 3. The standard InChI is InChI=1S/C15H20F3N3O2/c16-15(17,18)13-5-6-19-14(20-13)21(9-11-3-1-7-22-11)10-12-4-2-8-23-12/h5-6,11-12H,1-4,7-10H2/t11-,12-/m0/s1. The lowest BCUT2D eigenvalue weighted by molar-refractivity contribution is -0.141. The Kier molecular flexibility index (Phi) is 5.01. The summed E-state index contributed by atoms with van der Waals surface area (Å²) in [5, 5.41) is 0. The SMILES string of the molecule is FC(F)(F)c1ccnc(N(C[C@@H]2CCCO2)C[C@@H]2CCCO2)n1. The number of aromatic nitrogens is 2. The molecular formula is C15H20F3N3O2. The second-order valence-corrected chi connectivity index (χ2v) is 5.91. The van der Waals surface area contributed by atoms with Gasteiger partial charge in [-0.05, 0) is 31.7 Å². The van der Waals surface area contributed by atoms with Crippen molar-refractivity contribution >= 4 is 5.95 Å². The fourth-order valence-corrected chi connectivity index (χ4v) is 2.96. The first-order chi connectivity index (χ1) is 11.0. The summed E-state index contributed by atoms with van der Waals surface area (Å²) in [5.41, 5.74) is -0.924. The molecule has 1 aromatic heterocycles. The van der Waals surface area contributed by atoms with E-state index in [1.807, 2.05) is 0 Å². The molecule has 0 N–H and O–H groups in total. The highest BCUT2D eigenvalue weighted by Crippen LogP contribution is 2.28. The molecule has 8 heteroatoms. The van der Waals surface area contributed by atoms with Gasteiger partial charge in [0.1, 0.15) is 5.69 Å². The maximum atomic E-state index is 12.9. The molecule has 128 valence electrons. The van der Waals surface area contributed by atoms with Crippen molar-refractivity contribution < 1.29 is 22.6 Å². The predicted molar refractivity (Wildman–Crippen MR) is 77.2 cm³/mol. The lowest BCUT2D eigenvalue weighted by atomic mass is 10.2. The highest BCUT2D eigenvalue weighted by molar-refractivity contribution is 5.31. The topological polar surface area (TPSA) is 47.5 Å². The van der Waals surface area contributed by atoms with Crippen LogP contribution in [0, 0.1) is 0 Å². The maximum absolute atomic E-state index is 12.9. The predicted octanol–water partition coefficient (Wildman–Crippen LogP) is 2.66. The lowest BCUT2D eigenvalue weighted by Crippen LogP contribution is -2.39. The van der Waals surface area contributed by atoms with E-state index in [0.717, 1.165) is 37.9 Å². The van der Waals surface area contributed by atoms with Gasteiger partial charge in [-0.2, -0.15) is 13.2 Å². The first-order valence-electron chi connectivity index (χ1n) is 7.91. The number of rotatable bonds is 5. The van der Waals surface area contributed by atoms with E-state index in [4.69, 9.17) is 9.47 Å². The largest absolute Gasteiger partial charge is 0.433 e. The molecule has 3 rings (SSSR count). The van der Waals surface area contributed by atoms with Gasteiger partial charge in [-0.1, -0.05) is 0 Å². The van der Waals surface area contributed by atoms with Gasteiger partial charge in [0.25, 0.3) is 0 Å². The lowest BCUT2D eigenvalue weighted by Gasteiger charge is -2.28. The van der Waals surface area contributed by atoms with E-state index in [2.05, 4.69) is 9.97 Å². The summed E-state index contributed by atoms with van der Waals surface area (Å²) >= 11 is 0. The number of alkyl halides is 3. The third-order valence-corrected chi connectivity index (χ3v) is 4.11. The summed E-state index contributed by atoms with van der Waals surface area (Å²) in [5.74, 6) is 0.0887. The van der Waals surface area contributed by atoms with E-state index < -0.39 is 11.9 Å². The Balaban J connectivity index is 1.78. The smallest absolute Gasteiger partial charge is 0.376 e. The molecule has 5 nitrogen and oxygen atoms in total. The van der Waals surface area contributed by atoms with E-state index >= 15 is 0 Å². The van der Waals surface area contributed by atoms with Crippen LogP contribution in [0.15, 0.2) is 12.3 Å². The third-order valence-electron chi connectivity index (χ3n) is 4.11. The molecule has 2 atom stereocenters. The highest BCUT2D eigenvalue weighted by atomic mass is 19.4. The van der Waals surface area contributed by atoms with Crippen LogP contribution in [-0.2, 0) is 15.7 Å². The molecule has 2 saturated heterocycles. The zero-order chi connectivity index (χ0) is 16.3. The minimum absolute atomic E-state index is 0.00884. The molecule has 0 radical (unpaired) electrons. The Morgan fingerprint density at radius 2 is 1.70 bits per heavy atom. The minimum Gasteiger partial charge on any atom is -0.376 e. The molecule has 1 aromatic rings. The van der Waals surface area contributed by atoms with Gasteiger partial charge < -0.3 is 14.4 Å². The number of halogens is 3. The van der Waals surface area contributed by atoms with Gasteiger partial charge >= 0.3 is 6.18 Å². The summed E-state index contributed by atoms with van der Waals surface area (Å²) in [4.78, 5) is 9.51. The van der Waals surface area contributed by atoms with E-state index in [1.165, 1.54) is 0 Å². The van der Waals surface area contributed by atoms with E-state index in [9.17, 15) is 13.2 Å². The molecular weight excluding hydrogens is 311 g/mol. The zero-order valence-electron chi connectivity index (χ0n) is 12.8. The Morgan fingerprint density at radius 1 is 1.09 bits per heavy atom. The van der Waals surface area contributed by atoms with Crippen molar-refractivity contribution in [1.82, 2.24) is 9.97 Å². The van der Waals surface area contributed by atoms with Gasteiger partial charge in [-0.15, -0.1) is 0 Å². The molecule has 0 saturated carbocycles. The van der Waals surface area contributed by atoms with Crippen LogP contribution in [0.1, 0.15) is 31.4 Å². The number of ether oxygens (including phenoxy) is 2. The molecule has 0 unspecified atom stereocenters. The monoisotopic (exact) mass is 331 g/mol. The van der Waals surface area contributed by atoms with Crippen LogP contribution in [0.3, 0.4) is 0 Å². The molecule has 2 fully saturated rings. The normalized spacial score (nSPS) is 25.0. The molecule has 0 bridgehead atoms. The van der Waals surface area contributed by atoms with Crippen LogP contribution in [-0.4, -0.2) is 48.5 Å². The number of hydrogen-bond acceptors (Lipinski definition) is 5. The van der Waals surface area contributed by atoms with E-state index in [0.29, 0.717) is 26.3 Å². The van der Waals surface area contributed by atoms with Crippen LogP contribution in [0.4, 0.5) is 19.1 Å². The van der Waals surface area contributed by atoms with Gasteiger partial charge in [-0.3, -0.25) is 0 Å². The Bertz CT molecular complexity index is 497. The third kappa shape index (κ3) is 4.32. The highest BCUT2D eigenvalue weighted by Gasteiger charge is 2.34. The molecule has 0 spiro atoms. The van der Waals surface area contributed by atoms with Crippen molar-refractivity contribution in [3.05, 3.63) is 18.0 Å². The fraction of sp³-hybridized carbons (Fsp3) is 0.733. The van der Waals surface area contributed by atoms with Crippen molar-refractivity contribution in [2.45, 2.75) is 44.1 Å². The summed E-state index contributed by atoms with van der Waals surface area (Å²) in [7, 11) is 0. The average molecular weight is 331 g/mol. The Labute approximate surface area is 132 Å². The Hall–Kier alpha value is -1.41. The number of hydrogen-bond donors (Lipinski definition) is 0. The van der Waals surface area contributed by atoms with E-state index in [-0.39, 0.29) is 18.2 Å².